The molecule has 1 atom stereocenters. The molecule has 12 heteroatoms. The minimum atomic E-state index is -5.72. The van der Waals surface area contributed by atoms with E-state index < -0.39 is 40.9 Å². The minimum Gasteiger partial charge on any atom is -0.395 e. The van der Waals surface area contributed by atoms with E-state index in [1.54, 1.807) is 11.3 Å². The molecule has 4 nitrogen and oxygen atoms in total. The molecule has 1 aromatic rings. The molecule has 1 rings (SSSR count). The van der Waals surface area contributed by atoms with Crippen LogP contribution in [0.3, 0.4) is 0 Å². The zero-order valence-corrected chi connectivity index (χ0v) is 12.7. The van der Waals surface area contributed by atoms with Crippen molar-refractivity contribution in [3.63, 3.8) is 0 Å². The van der Waals surface area contributed by atoms with Gasteiger partial charge in [-0.05, 0) is 10.8 Å². The van der Waals surface area contributed by atoms with Crippen molar-refractivity contribution in [3.8, 4) is 0 Å². The third-order valence-corrected chi connectivity index (χ3v) is 3.45. The van der Waals surface area contributed by atoms with Crippen molar-refractivity contribution in [1.29, 1.82) is 0 Å². The normalized spacial score (nSPS) is 14.4. The molecule has 1 aromatic heterocycles. The molecule has 0 aliphatic rings. The first kappa shape index (κ1) is 21.1. The zero-order valence-electron chi connectivity index (χ0n) is 11.0. The minimum absolute atomic E-state index is 0.388. The Morgan fingerprint density at radius 1 is 1.09 bits per heavy atom. The molecule has 0 fully saturated rings. The number of alkyl halides is 6. The highest BCUT2D eigenvalue weighted by atomic mass is 32.2. The molecule has 0 aromatic carbocycles. The van der Waals surface area contributed by atoms with Gasteiger partial charge >= 0.3 is 12.4 Å². The Morgan fingerprint density at radius 3 is 1.68 bits per heavy atom. The maximum atomic E-state index is 12.2. The Labute approximate surface area is 126 Å². The van der Waals surface area contributed by atoms with Gasteiger partial charge in [-0.2, -0.15) is 37.7 Å². The summed E-state index contributed by atoms with van der Waals surface area (Å²) in [4.78, 5) is 0. The van der Waals surface area contributed by atoms with Crippen LogP contribution in [0, 0.1) is 5.92 Å². The fourth-order valence-electron chi connectivity index (χ4n) is 1.35. The first-order chi connectivity index (χ1) is 9.79. The highest BCUT2D eigenvalue weighted by molar-refractivity contribution is 7.88. The lowest BCUT2D eigenvalue weighted by atomic mass is 10.00. The Bertz CT molecular complexity index is 481. The molecule has 0 bridgehead atoms. The number of sulfonamides is 1. The van der Waals surface area contributed by atoms with Gasteiger partial charge < -0.3 is 5.11 Å². The summed E-state index contributed by atoms with van der Waals surface area (Å²) >= 11 is 1.71. The zero-order chi connectivity index (χ0) is 17.6. The summed E-state index contributed by atoms with van der Waals surface area (Å²) in [6, 6.07) is 1.33. The Hall–Kier alpha value is -0.850. The molecule has 0 aliphatic heterocycles. The van der Waals surface area contributed by atoms with Gasteiger partial charge in [0.1, 0.15) is 0 Å². The second kappa shape index (κ2) is 8.13. The summed E-state index contributed by atoms with van der Waals surface area (Å²) in [6.45, 7) is -1.63. The van der Waals surface area contributed by atoms with E-state index in [9.17, 15) is 34.8 Å². The van der Waals surface area contributed by atoms with Crippen LogP contribution in [0.15, 0.2) is 22.9 Å². The van der Waals surface area contributed by atoms with Crippen LogP contribution in [0.5, 0.6) is 0 Å². The van der Waals surface area contributed by atoms with Crippen molar-refractivity contribution in [3.05, 3.63) is 22.9 Å². The molecule has 22 heavy (non-hydrogen) atoms. The second-order valence-electron chi connectivity index (χ2n) is 4.03. The number of nitrogens with one attached hydrogen (secondary N) is 1. The molecule has 0 amide bonds. The van der Waals surface area contributed by atoms with Gasteiger partial charge in [0.2, 0.25) is 10.0 Å². The van der Waals surface area contributed by atoms with Gasteiger partial charge in [0, 0.05) is 0 Å². The summed E-state index contributed by atoms with van der Waals surface area (Å²) in [5.74, 6) is -3.96. The molecule has 130 valence electrons. The third kappa shape index (κ3) is 8.56. The van der Waals surface area contributed by atoms with Crippen LogP contribution in [0.25, 0.3) is 0 Å². The van der Waals surface area contributed by atoms with Gasteiger partial charge in [-0.25, -0.2) is 13.1 Å². The molecular weight excluding hydrogens is 360 g/mol. The smallest absolute Gasteiger partial charge is 0.395 e. The van der Waals surface area contributed by atoms with Gasteiger partial charge in [0.05, 0.1) is 18.9 Å². The Kier molecular flexibility index (Phi) is 7.81. The molecule has 1 heterocycles. The number of thiophene rings is 1. The lowest BCUT2D eigenvalue weighted by molar-refractivity contribution is -0.292. The average molecular weight is 373 g/mol. The SMILES string of the molecule is CS(=O)(=O)NC(CO)C(C(F)(F)F)C(F)(F)F.c1ccsc1. The van der Waals surface area contributed by atoms with E-state index >= 15 is 0 Å². The molecule has 0 radical (unpaired) electrons. The van der Waals surface area contributed by atoms with Crippen LogP contribution >= 0.6 is 11.3 Å². The van der Waals surface area contributed by atoms with Crippen LogP contribution in [-0.2, 0) is 10.0 Å². The Balaban J connectivity index is 0.000000734. The predicted octanol–water partition coefficient (Wildman–Crippen LogP) is 2.39. The van der Waals surface area contributed by atoms with E-state index in [0.29, 0.717) is 6.26 Å². The van der Waals surface area contributed by atoms with Crippen LogP contribution in [0.4, 0.5) is 26.3 Å². The standard InChI is InChI=1S/C6H9F6NO3S.C4H4S/c1-17(15,16)13-3(2-14)4(5(7,8)9)6(10,11)12;1-2-4-5-3-1/h3-4,13-14H,2H2,1H3;1-4H. The maximum Gasteiger partial charge on any atom is 0.402 e. The summed E-state index contributed by atoms with van der Waals surface area (Å²) in [7, 11) is -4.31. The molecule has 0 saturated heterocycles. The second-order valence-corrected chi connectivity index (χ2v) is 6.63. The predicted molar refractivity (Wildman–Crippen MR) is 68.8 cm³/mol. The van der Waals surface area contributed by atoms with Crippen molar-refractivity contribution in [2.45, 2.75) is 18.4 Å². The van der Waals surface area contributed by atoms with Crippen molar-refractivity contribution in [1.82, 2.24) is 4.72 Å². The molecule has 0 saturated carbocycles. The van der Waals surface area contributed by atoms with Crippen LogP contribution in [0.2, 0.25) is 0 Å². The van der Waals surface area contributed by atoms with E-state index in [0.717, 1.165) is 4.72 Å². The largest absolute Gasteiger partial charge is 0.402 e. The number of halogens is 6. The Morgan fingerprint density at radius 2 is 1.50 bits per heavy atom. The van der Waals surface area contributed by atoms with Crippen molar-refractivity contribution in [2.75, 3.05) is 12.9 Å². The highest BCUT2D eigenvalue weighted by Crippen LogP contribution is 2.41. The summed E-state index contributed by atoms with van der Waals surface area (Å²) in [5, 5.41) is 12.5. The van der Waals surface area contributed by atoms with Crippen LogP contribution in [0.1, 0.15) is 0 Å². The van der Waals surface area contributed by atoms with E-state index in [1.165, 1.54) is 0 Å². The van der Waals surface area contributed by atoms with Gasteiger partial charge in [0.25, 0.3) is 0 Å². The molecule has 0 aliphatic carbocycles. The maximum absolute atomic E-state index is 12.2. The first-order valence-electron chi connectivity index (χ1n) is 5.47. The van der Waals surface area contributed by atoms with Crippen molar-refractivity contribution < 1.29 is 39.9 Å². The molecule has 1 unspecified atom stereocenters. The fraction of sp³-hybridized carbons (Fsp3) is 0.600. The summed E-state index contributed by atoms with van der Waals surface area (Å²) in [6.07, 6.45) is -11.0. The lowest BCUT2D eigenvalue weighted by Crippen LogP contribution is -2.53. The summed E-state index contributed by atoms with van der Waals surface area (Å²) < 4.78 is 95.3. The highest BCUT2D eigenvalue weighted by Gasteiger charge is 2.60. The third-order valence-electron chi connectivity index (χ3n) is 2.10. The van der Waals surface area contributed by atoms with Crippen LogP contribution in [-0.4, -0.2) is 44.8 Å². The quantitative estimate of drug-likeness (QED) is 0.797. The summed E-state index contributed by atoms with van der Waals surface area (Å²) in [5.41, 5.74) is 0. The number of aliphatic hydroxyl groups excluding tert-OH is 1. The average Bonchev–Trinajstić information content (AvgIpc) is 2.80. The molecule has 2 N–H and O–H groups in total. The van der Waals surface area contributed by atoms with Gasteiger partial charge in [-0.3, -0.25) is 0 Å². The van der Waals surface area contributed by atoms with Gasteiger partial charge in [-0.15, -0.1) is 0 Å². The number of hydrogen-bond acceptors (Lipinski definition) is 4. The lowest BCUT2D eigenvalue weighted by Gasteiger charge is -2.29. The van der Waals surface area contributed by atoms with Crippen molar-refractivity contribution >= 4 is 21.4 Å². The van der Waals surface area contributed by atoms with E-state index in [4.69, 9.17) is 5.11 Å². The van der Waals surface area contributed by atoms with Gasteiger partial charge in [0.15, 0.2) is 5.92 Å². The monoisotopic (exact) mass is 373 g/mol. The van der Waals surface area contributed by atoms with E-state index in [2.05, 4.69) is 0 Å². The molecular formula is C10H13F6NO3S2. The van der Waals surface area contributed by atoms with Crippen molar-refractivity contribution in [2.24, 2.45) is 5.92 Å². The van der Waals surface area contributed by atoms with E-state index in [1.807, 2.05) is 22.9 Å². The molecule has 0 spiro atoms. The number of hydrogen-bond donors (Lipinski definition) is 2. The topological polar surface area (TPSA) is 66.4 Å². The van der Waals surface area contributed by atoms with Crippen LogP contribution < -0.4 is 4.72 Å². The van der Waals surface area contributed by atoms with Gasteiger partial charge in [-0.1, -0.05) is 12.1 Å². The first-order valence-corrected chi connectivity index (χ1v) is 8.31. The van der Waals surface area contributed by atoms with E-state index in [-0.39, 0.29) is 0 Å². The fourth-order valence-corrected chi connectivity index (χ4v) is 2.57. The number of rotatable bonds is 4. The number of aliphatic hydroxyl groups is 1.